The maximum Gasteiger partial charge on any atom is 0.332 e. The SMILES string of the molecule is C=CC(=O)OC(C)OC(C)O[Si](C)(C)C. The van der Waals surface area contributed by atoms with Crippen LogP contribution in [0.5, 0.6) is 0 Å². The molecule has 0 rings (SSSR count). The van der Waals surface area contributed by atoms with Crippen LogP contribution in [0.25, 0.3) is 0 Å². The third-order valence-corrected chi connectivity index (χ3v) is 2.39. The number of rotatable bonds is 6. The molecule has 0 aromatic heterocycles. The van der Waals surface area contributed by atoms with Gasteiger partial charge < -0.3 is 13.9 Å². The first-order valence-corrected chi connectivity index (χ1v) is 8.32. The lowest BCUT2D eigenvalue weighted by atomic mass is 10.6. The van der Waals surface area contributed by atoms with Gasteiger partial charge in [0.1, 0.15) is 6.29 Å². The van der Waals surface area contributed by atoms with Crippen molar-refractivity contribution in [3.63, 3.8) is 0 Å². The van der Waals surface area contributed by atoms with E-state index >= 15 is 0 Å². The predicted molar refractivity (Wildman–Crippen MR) is 60.7 cm³/mol. The molecule has 0 aliphatic carbocycles. The van der Waals surface area contributed by atoms with E-state index < -0.39 is 20.6 Å². The maximum absolute atomic E-state index is 10.8. The fourth-order valence-electron chi connectivity index (χ4n) is 1.04. The highest BCUT2D eigenvalue weighted by Gasteiger charge is 2.20. The second-order valence-corrected chi connectivity index (χ2v) is 8.60. The average Bonchev–Trinajstić information content (AvgIpc) is 1.99. The highest BCUT2D eigenvalue weighted by molar-refractivity contribution is 6.69. The molecule has 0 aliphatic heterocycles. The predicted octanol–water partition coefficient (Wildman–Crippen LogP) is 2.28. The molecule has 2 atom stereocenters. The van der Waals surface area contributed by atoms with E-state index in [4.69, 9.17) is 13.9 Å². The van der Waals surface area contributed by atoms with E-state index in [2.05, 4.69) is 26.2 Å². The molecule has 0 saturated carbocycles. The first-order valence-electron chi connectivity index (χ1n) is 4.91. The third-order valence-electron chi connectivity index (χ3n) is 1.35. The minimum absolute atomic E-state index is 0.371. The van der Waals surface area contributed by atoms with Gasteiger partial charge in [-0.15, -0.1) is 0 Å². The van der Waals surface area contributed by atoms with Crippen molar-refractivity contribution in [2.45, 2.75) is 46.1 Å². The van der Waals surface area contributed by atoms with E-state index in [9.17, 15) is 4.79 Å². The second-order valence-electron chi connectivity index (χ2n) is 4.14. The van der Waals surface area contributed by atoms with Crippen LogP contribution in [0.2, 0.25) is 19.6 Å². The normalized spacial score (nSPS) is 15.5. The smallest absolute Gasteiger partial charge is 0.332 e. The van der Waals surface area contributed by atoms with E-state index in [1.54, 1.807) is 13.8 Å². The second kappa shape index (κ2) is 6.04. The summed E-state index contributed by atoms with van der Waals surface area (Å²) >= 11 is 0. The van der Waals surface area contributed by atoms with Gasteiger partial charge in [-0.05, 0) is 33.5 Å². The van der Waals surface area contributed by atoms with Crippen molar-refractivity contribution >= 4 is 14.3 Å². The summed E-state index contributed by atoms with van der Waals surface area (Å²) in [5, 5.41) is 0. The monoisotopic (exact) mass is 232 g/mol. The van der Waals surface area contributed by atoms with Crippen molar-refractivity contribution in [2.75, 3.05) is 0 Å². The van der Waals surface area contributed by atoms with E-state index in [1.165, 1.54) is 0 Å². The van der Waals surface area contributed by atoms with Gasteiger partial charge in [0.25, 0.3) is 0 Å². The molecule has 0 aliphatic rings. The summed E-state index contributed by atoms with van der Waals surface area (Å²) in [5.41, 5.74) is 0. The highest BCUT2D eigenvalue weighted by atomic mass is 28.4. The summed E-state index contributed by atoms with van der Waals surface area (Å²) in [6.07, 6.45) is 0.107. The van der Waals surface area contributed by atoms with Crippen LogP contribution in [0.3, 0.4) is 0 Å². The molecule has 0 spiro atoms. The Morgan fingerprint density at radius 1 is 1.27 bits per heavy atom. The minimum Gasteiger partial charge on any atom is -0.433 e. The van der Waals surface area contributed by atoms with Gasteiger partial charge >= 0.3 is 5.97 Å². The Hall–Kier alpha value is -0.653. The minimum atomic E-state index is -1.62. The molecular formula is C10H20O4Si. The average molecular weight is 232 g/mol. The standard InChI is InChI=1S/C10H20O4Si/c1-7-10(11)13-8(2)12-9(3)14-15(4,5)6/h7-9H,1H2,2-6H3. The molecule has 0 amide bonds. The van der Waals surface area contributed by atoms with Crippen molar-refractivity contribution in [2.24, 2.45) is 0 Å². The van der Waals surface area contributed by atoms with Gasteiger partial charge in [-0.1, -0.05) is 6.58 Å². The quantitative estimate of drug-likeness (QED) is 0.305. The van der Waals surface area contributed by atoms with Crippen LogP contribution < -0.4 is 0 Å². The molecule has 0 heterocycles. The molecule has 0 fully saturated rings. The van der Waals surface area contributed by atoms with Crippen molar-refractivity contribution in [3.05, 3.63) is 12.7 Å². The van der Waals surface area contributed by atoms with Crippen LogP contribution in [-0.2, 0) is 18.7 Å². The first-order chi connectivity index (χ1) is 6.74. The number of hydrogen-bond donors (Lipinski definition) is 0. The molecule has 2 unspecified atom stereocenters. The Kier molecular flexibility index (Phi) is 5.78. The van der Waals surface area contributed by atoms with Crippen molar-refractivity contribution in [1.82, 2.24) is 0 Å². The summed E-state index contributed by atoms with van der Waals surface area (Å²) in [4.78, 5) is 10.8. The van der Waals surface area contributed by atoms with Gasteiger partial charge in [0.05, 0.1) is 0 Å². The van der Waals surface area contributed by atoms with Crippen molar-refractivity contribution in [1.29, 1.82) is 0 Å². The zero-order valence-electron chi connectivity index (χ0n) is 10.1. The van der Waals surface area contributed by atoms with Crippen molar-refractivity contribution < 1.29 is 18.7 Å². The summed E-state index contributed by atoms with van der Waals surface area (Å²) in [6.45, 7) is 12.9. The maximum atomic E-state index is 10.8. The van der Waals surface area contributed by atoms with Crippen LogP contribution in [0.15, 0.2) is 12.7 Å². The molecule has 0 aromatic carbocycles. The fourth-order valence-corrected chi connectivity index (χ4v) is 2.09. The number of carbonyl (C=O) groups excluding carboxylic acids is 1. The molecule has 0 radical (unpaired) electrons. The van der Waals surface area contributed by atoms with Gasteiger partial charge in [-0.25, -0.2) is 4.79 Å². The molecule has 88 valence electrons. The van der Waals surface area contributed by atoms with Crippen LogP contribution in [0.4, 0.5) is 0 Å². The number of esters is 1. The Balaban J connectivity index is 3.91. The summed E-state index contributed by atoms with van der Waals surface area (Å²) in [5.74, 6) is -0.497. The lowest BCUT2D eigenvalue weighted by Crippen LogP contribution is -2.34. The number of ether oxygens (including phenoxy) is 2. The van der Waals surface area contributed by atoms with Crippen LogP contribution in [0.1, 0.15) is 13.8 Å². The number of carbonyl (C=O) groups is 1. The first kappa shape index (κ1) is 14.3. The summed E-state index contributed by atoms with van der Waals surface area (Å²) < 4.78 is 15.8. The Morgan fingerprint density at radius 2 is 1.80 bits per heavy atom. The molecule has 0 aromatic rings. The molecular weight excluding hydrogens is 212 g/mol. The lowest BCUT2D eigenvalue weighted by Gasteiger charge is -2.25. The van der Waals surface area contributed by atoms with Crippen LogP contribution in [0, 0.1) is 0 Å². The zero-order chi connectivity index (χ0) is 12.1. The van der Waals surface area contributed by atoms with E-state index in [0.29, 0.717) is 0 Å². The molecule has 5 heteroatoms. The van der Waals surface area contributed by atoms with Gasteiger partial charge in [0.2, 0.25) is 6.29 Å². The van der Waals surface area contributed by atoms with Gasteiger partial charge in [-0.2, -0.15) is 0 Å². The molecule has 0 N–H and O–H groups in total. The van der Waals surface area contributed by atoms with Crippen LogP contribution >= 0.6 is 0 Å². The number of hydrogen-bond acceptors (Lipinski definition) is 4. The van der Waals surface area contributed by atoms with Gasteiger partial charge in [0, 0.05) is 6.08 Å². The van der Waals surface area contributed by atoms with Crippen LogP contribution in [-0.4, -0.2) is 26.9 Å². The van der Waals surface area contributed by atoms with E-state index in [-0.39, 0.29) is 6.29 Å². The largest absolute Gasteiger partial charge is 0.433 e. The molecule has 0 saturated heterocycles. The Labute approximate surface area is 92.3 Å². The summed E-state index contributed by atoms with van der Waals surface area (Å²) in [7, 11) is -1.62. The lowest BCUT2D eigenvalue weighted by molar-refractivity contribution is -0.206. The molecule has 4 nitrogen and oxygen atoms in total. The fraction of sp³-hybridized carbons (Fsp3) is 0.700. The third kappa shape index (κ3) is 8.35. The zero-order valence-corrected chi connectivity index (χ0v) is 11.1. The van der Waals surface area contributed by atoms with Crippen molar-refractivity contribution in [3.8, 4) is 0 Å². The molecule has 0 bridgehead atoms. The van der Waals surface area contributed by atoms with E-state index in [0.717, 1.165) is 6.08 Å². The van der Waals surface area contributed by atoms with Gasteiger partial charge in [0.15, 0.2) is 8.32 Å². The Morgan fingerprint density at radius 3 is 2.20 bits per heavy atom. The topological polar surface area (TPSA) is 44.8 Å². The summed E-state index contributed by atoms with van der Waals surface area (Å²) in [6, 6.07) is 0. The Bertz CT molecular complexity index is 222. The van der Waals surface area contributed by atoms with Gasteiger partial charge in [-0.3, -0.25) is 0 Å². The molecule has 15 heavy (non-hydrogen) atoms. The van der Waals surface area contributed by atoms with E-state index in [1.807, 2.05) is 0 Å². The highest BCUT2D eigenvalue weighted by Crippen LogP contribution is 2.10.